The Morgan fingerprint density at radius 1 is 1.26 bits per heavy atom. The lowest BCUT2D eigenvalue weighted by molar-refractivity contribution is -0.152. The van der Waals surface area contributed by atoms with Crippen molar-refractivity contribution in [3.8, 4) is 0 Å². The van der Waals surface area contributed by atoms with Crippen molar-refractivity contribution in [2.75, 3.05) is 26.8 Å². The Morgan fingerprint density at radius 3 is 2.53 bits per heavy atom. The molecule has 19 heavy (non-hydrogen) atoms. The van der Waals surface area contributed by atoms with E-state index in [1.807, 2.05) is 0 Å². The van der Waals surface area contributed by atoms with Crippen LogP contribution in [0, 0.1) is 0 Å². The lowest BCUT2D eigenvalue weighted by atomic mass is 10.2. The molecule has 0 bridgehead atoms. The minimum atomic E-state index is -1.08. The van der Waals surface area contributed by atoms with Gasteiger partial charge in [0, 0.05) is 13.7 Å². The summed E-state index contributed by atoms with van der Waals surface area (Å²) in [5.74, 6) is -1.88. The molecule has 0 aromatic rings. The van der Waals surface area contributed by atoms with Gasteiger partial charge in [0.2, 0.25) is 11.8 Å². The average Bonchev–Trinajstić information content (AvgIpc) is 2.86. The number of hydrogen-bond acceptors (Lipinski definition) is 5. The van der Waals surface area contributed by atoms with E-state index in [0.717, 1.165) is 0 Å². The van der Waals surface area contributed by atoms with Gasteiger partial charge in [0.15, 0.2) is 6.10 Å². The molecule has 1 saturated heterocycles. The van der Waals surface area contributed by atoms with Crippen molar-refractivity contribution in [1.29, 1.82) is 0 Å². The third-order valence-corrected chi connectivity index (χ3v) is 2.64. The summed E-state index contributed by atoms with van der Waals surface area (Å²) in [6, 6.07) is 0. The summed E-state index contributed by atoms with van der Waals surface area (Å²) in [6.07, 6.45) is -1.10. The third-order valence-electron chi connectivity index (χ3n) is 2.64. The van der Waals surface area contributed by atoms with E-state index >= 15 is 0 Å². The van der Waals surface area contributed by atoms with Gasteiger partial charge >= 0.3 is 5.97 Å². The first-order chi connectivity index (χ1) is 9.04. The van der Waals surface area contributed by atoms with Gasteiger partial charge in [0.1, 0.15) is 6.10 Å². The molecule has 108 valence electrons. The van der Waals surface area contributed by atoms with Gasteiger partial charge in [-0.05, 0) is 12.8 Å². The van der Waals surface area contributed by atoms with Crippen LogP contribution in [0.1, 0.15) is 12.8 Å². The molecule has 1 aliphatic heterocycles. The van der Waals surface area contributed by atoms with Gasteiger partial charge in [-0.2, -0.15) is 0 Å². The van der Waals surface area contributed by atoms with Gasteiger partial charge in [0.05, 0.1) is 13.2 Å². The molecule has 2 amide bonds. The van der Waals surface area contributed by atoms with Crippen LogP contribution in [0.4, 0.5) is 0 Å². The maximum atomic E-state index is 11.6. The van der Waals surface area contributed by atoms with Crippen LogP contribution < -0.4 is 10.6 Å². The van der Waals surface area contributed by atoms with Crippen LogP contribution in [0.3, 0.4) is 0 Å². The minimum Gasteiger partial charge on any atom is -0.479 e. The molecule has 1 heterocycles. The highest BCUT2D eigenvalue weighted by atomic mass is 16.5. The van der Waals surface area contributed by atoms with Crippen LogP contribution in [0.15, 0.2) is 0 Å². The van der Waals surface area contributed by atoms with Gasteiger partial charge in [0.25, 0.3) is 0 Å². The first-order valence-electron chi connectivity index (χ1n) is 5.96. The second kappa shape index (κ2) is 7.70. The van der Waals surface area contributed by atoms with E-state index in [9.17, 15) is 14.4 Å². The number of nitrogens with one attached hydrogen (secondary N) is 2. The maximum Gasteiger partial charge on any atom is 0.332 e. The third kappa shape index (κ3) is 5.23. The molecule has 3 N–H and O–H groups in total. The summed E-state index contributed by atoms with van der Waals surface area (Å²) in [7, 11) is 1.52. The number of aliphatic carboxylic acids is 1. The fourth-order valence-electron chi connectivity index (χ4n) is 1.65. The number of carboxylic acids is 1. The Labute approximate surface area is 110 Å². The Kier molecular flexibility index (Phi) is 6.23. The predicted molar refractivity (Wildman–Crippen MR) is 63.4 cm³/mol. The second-order valence-corrected chi connectivity index (χ2v) is 4.09. The zero-order valence-electron chi connectivity index (χ0n) is 10.7. The van der Waals surface area contributed by atoms with Crippen LogP contribution in [0.25, 0.3) is 0 Å². The molecule has 8 nitrogen and oxygen atoms in total. The molecule has 1 fully saturated rings. The molecule has 0 saturated carbocycles. The highest BCUT2D eigenvalue weighted by molar-refractivity contribution is 5.87. The smallest absolute Gasteiger partial charge is 0.332 e. The zero-order valence-corrected chi connectivity index (χ0v) is 10.7. The van der Waals surface area contributed by atoms with Crippen LogP contribution in [-0.2, 0) is 23.9 Å². The van der Waals surface area contributed by atoms with Gasteiger partial charge in [-0.3, -0.25) is 9.59 Å². The molecule has 8 heteroatoms. The quantitative estimate of drug-likeness (QED) is 0.487. The maximum absolute atomic E-state index is 11.6. The normalized spacial score (nSPS) is 21.9. The number of methoxy groups -OCH3 is 1. The van der Waals surface area contributed by atoms with Crippen LogP contribution >= 0.6 is 0 Å². The molecule has 0 unspecified atom stereocenters. The van der Waals surface area contributed by atoms with Crippen molar-refractivity contribution in [1.82, 2.24) is 10.6 Å². The monoisotopic (exact) mass is 274 g/mol. The molecule has 0 radical (unpaired) electrons. The Bertz CT molecular complexity index is 346. The van der Waals surface area contributed by atoms with Gasteiger partial charge in [-0.25, -0.2) is 4.79 Å². The minimum absolute atomic E-state index is 0.167. The molecular formula is C11H18N2O6. The molecule has 2 atom stereocenters. The predicted octanol–water partition coefficient (Wildman–Crippen LogP) is -1.50. The summed E-state index contributed by atoms with van der Waals surface area (Å²) in [6.45, 7) is 0.595. The fourth-order valence-corrected chi connectivity index (χ4v) is 1.65. The number of amides is 2. The van der Waals surface area contributed by atoms with Crippen LogP contribution in [0.2, 0.25) is 0 Å². The van der Waals surface area contributed by atoms with Gasteiger partial charge in [-0.15, -0.1) is 0 Å². The zero-order chi connectivity index (χ0) is 14.3. The molecule has 0 spiro atoms. The molecule has 1 rings (SSSR count). The molecule has 0 aliphatic carbocycles. The van der Waals surface area contributed by atoms with Crippen molar-refractivity contribution in [3.05, 3.63) is 0 Å². The average molecular weight is 274 g/mol. The van der Waals surface area contributed by atoms with E-state index in [1.165, 1.54) is 7.11 Å². The summed E-state index contributed by atoms with van der Waals surface area (Å²) in [4.78, 5) is 33.6. The van der Waals surface area contributed by atoms with E-state index in [4.69, 9.17) is 14.6 Å². The first-order valence-corrected chi connectivity index (χ1v) is 5.96. The molecule has 1 aliphatic rings. The Balaban J connectivity index is 2.21. The summed E-state index contributed by atoms with van der Waals surface area (Å²) in [5, 5.41) is 13.7. The number of hydrogen-bond donors (Lipinski definition) is 3. The van der Waals surface area contributed by atoms with Crippen molar-refractivity contribution < 1.29 is 29.0 Å². The van der Waals surface area contributed by atoms with E-state index < -0.39 is 24.1 Å². The van der Waals surface area contributed by atoms with Crippen LogP contribution in [-0.4, -0.2) is 61.9 Å². The standard InChI is InChI=1S/C11H18N2O6/c1-18-5-4-12-9(14)6-13-10(15)7-2-3-8(19-7)11(16)17/h7-8H,2-6H2,1H3,(H,12,14)(H,13,15)(H,16,17)/t7-,8+/m0/s1. The fraction of sp³-hybridized carbons (Fsp3) is 0.727. The molecule has 0 aromatic carbocycles. The van der Waals surface area contributed by atoms with E-state index in [0.29, 0.717) is 26.0 Å². The van der Waals surface area contributed by atoms with Crippen molar-refractivity contribution in [2.45, 2.75) is 25.0 Å². The number of carbonyl (C=O) groups excluding carboxylic acids is 2. The number of rotatable bonds is 7. The highest BCUT2D eigenvalue weighted by Crippen LogP contribution is 2.19. The Morgan fingerprint density at radius 2 is 1.95 bits per heavy atom. The molecular weight excluding hydrogens is 256 g/mol. The summed E-state index contributed by atoms with van der Waals surface area (Å²) < 4.78 is 9.81. The van der Waals surface area contributed by atoms with E-state index in [1.54, 1.807) is 0 Å². The molecule has 0 aromatic heterocycles. The van der Waals surface area contributed by atoms with Gasteiger partial charge < -0.3 is 25.2 Å². The summed E-state index contributed by atoms with van der Waals surface area (Å²) in [5.41, 5.74) is 0. The number of ether oxygens (including phenoxy) is 2. The van der Waals surface area contributed by atoms with Crippen LogP contribution in [0.5, 0.6) is 0 Å². The second-order valence-electron chi connectivity index (χ2n) is 4.09. The summed E-state index contributed by atoms with van der Waals surface area (Å²) >= 11 is 0. The lowest BCUT2D eigenvalue weighted by Gasteiger charge is -2.11. The first kappa shape index (κ1) is 15.4. The lowest BCUT2D eigenvalue weighted by Crippen LogP contribution is -2.42. The topological polar surface area (TPSA) is 114 Å². The highest BCUT2D eigenvalue weighted by Gasteiger charge is 2.34. The largest absolute Gasteiger partial charge is 0.479 e. The van der Waals surface area contributed by atoms with Gasteiger partial charge in [-0.1, -0.05) is 0 Å². The number of carboxylic acid groups (broad SMARTS) is 1. The van der Waals surface area contributed by atoms with E-state index in [2.05, 4.69) is 10.6 Å². The number of carbonyl (C=O) groups is 3. The van der Waals surface area contributed by atoms with Crippen molar-refractivity contribution >= 4 is 17.8 Å². The van der Waals surface area contributed by atoms with E-state index in [-0.39, 0.29) is 12.5 Å². The Hall–Kier alpha value is -1.67. The van der Waals surface area contributed by atoms with Crippen molar-refractivity contribution in [2.24, 2.45) is 0 Å². The SMILES string of the molecule is COCCNC(=O)CNC(=O)[C@@H]1CC[C@H](C(=O)O)O1. The van der Waals surface area contributed by atoms with Crippen molar-refractivity contribution in [3.63, 3.8) is 0 Å².